The first kappa shape index (κ1) is 79.9. The van der Waals surface area contributed by atoms with Crippen LogP contribution in [0.15, 0.2) is 23.8 Å². The monoisotopic (exact) mass is 1100 g/mol. The first-order valence-electron chi connectivity index (χ1n) is 31.0. The van der Waals surface area contributed by atoms with Crippen LogP contribution in [0.4, 0.5) is 0 Å². The van der Waals surface area contributed by atoms with E-state index in [2.05, 4.69) is 45.9 Å². The third-order valence-electron chi connectivity index (χ3n) is 14.3. The highest BCUT2D eigenvalue weighted by atomic mass is 31.2. The third-order valence-corrected chi connectivity index (χ3v) is 14.3. The Morgan fingerprint density at radius 3 is 0.630 bits per heavy atom. The van der Waals surface area contributed by atoms with E-state index in [1.165, 1.54) is 314 Å². The number of unbranched alkanes of at least 4 members (excludes halogenated alkanes) is 45. The van der Waals surface area contributed by atoms with Gasteiger partial charge in [-0.2, -0.15) is 0 Å². The lowest BCUT2D eigenvalue weighted by atomic mass is 9.80. The molecule has 10 N–H and O–H groups in total. The van der Waals surface area contributed by atoms with E-state index in [-0.39, 0.29) is 0 Å². The van der Waals surface area contributed by atoms with Crippen molar-refractivity contribution in [3.63, 3.8) is 0 Å². The van der Waals surface area contributed by atoms with E-state index in [9.17, 15) is 5.11 Å². The van der Waals surface area contributed by atoms with E-state index in [0.29, 0.717) is 0 Å². The molecule has 10 nitrogen and oxygen atoms in total. The molecule has 0 saturated carbocycles. The molecule has 442 valence electrons. The maximum Gasteiger partial charge on any atom is 0.324 e. The first-order chi connectivity index (χ1) is 35.3. The lowest BCUT2D eigenvalue weighted by Crippen LogP contribution is -2.31. The molecule has 0 spiro atoms. The molecule has 0 aliphatic carbocycles. The lowest BCUT2D eigenvalue weighted by Gasteiger charge is -2.32. The Hall–Kier alpha value is 0.370. The van der Waals surface area contributed by atoms with Crippen LogP contribution in [-0.2, 0) is 0 Å². The summed E-state index contributed by atoms with van der Waals surface area (Å²) in [7, 11) is -7.86. The molecule has 0 saturated heterocycles. The number of rotatable bonds is 53. The number of allylic oxidation sites excluding steroid dienone is 3. The zero-order valence-corrected chi connectivity index (χ0v) is 51.3. The molecular formula is C60H127O10P3. The van der Waals surface area contributed by atoms with E-state index in [1.807, 2.05) is 0 Å². The second-order valence-corrected chi connectivity index (χ2v) is 22.8. The Morgan fingerprint density at radius 2 is 0.452 bits per heavy atom. The summed E-state index contributed by atoms with van der Waals surface area (Å²) >= 11 is 0. The SMILES string of the molecule is CC=CC=C(CCCCCCCCCCCCCCCCCC)C(O)(CCCCCCCCCCCCCCCCCC)CCCCCCCCCCCCCCCCCC.OP(O)O.OP(O)O.OP(O)O. The zero-order valence-electron chi connectivity index (χ0n) is 48.6. The Balaban J connectivity index is -0.00000177. The average molecular weight is 1100 g/mol. The Morgan fingerprint density at radius 1 is 0.288 bits per heavy atom. The van der Waals surface area contributed by atoms with Gasteiger partial charge in [-0.3, -0.25) is 0 Å². The predicted molar refractivity (Wildman–Crippen MR) is 321 cm³/mol. The summed E-state index contributed by atoms with van der Waals surface area (Å²) < 4.78 is 0. The Labute approximate surface area is 457 Å². The van der Waals surface area contributed by atoms with Crippen molar-refractivity contribution in [1.82, 2.24) is 0 Å². The molecular weight excluding hydrogens is 974 g/mol. The van der Waals surface area contributed by atoms with Gasteiger partial charge in [0.2, 0.25) is 0 Å². The topological polar surface area (TPSA) is 202 Å². The molecule has 0 aromatic heterocycles. The summed E-state index contributed by atoms with van der Waals surface area (Å²) in [6.07, 6.45) is 77.2. The molecule has 0 amide bonds. The molecule has 0 aliphatic rings. The van der Waals surface area contributed by atoms with Gasteiger partial charge in [0.15, 0.2) is 0 Å². The van der Waals surface area contributed by atoms with Crippen molar-refractivity contribution >= 4 is 25.8 Å². The number of hydrogen-bond acceptors (Lipinski definition) is 10. The predicted octanol–water partition coefficient (Wildman–Crippen LogP) is 19.7. The maximum absolute atomic E-state index is 12.5. The van der Waals surface area contributed by atoms with Gasteiger partial charge in [0, 0.05) is 0 Å². The van der Waals surface area contributed by atoms with E-state index >= 15 is 0 Å². The number of hydrogen-bond donors (Lipinski definition) is 10. The first-order valence-corrected chi connectivity index (χ1v) is 34.6. The summed E-state index contributed by atoms with van der Waals surface area (Å²) in [6, 6.07) is 0. The molecule has 0 heterocycles. The van der Waals surface area contributed by atoms with Gasteiger partial charge >= 0.3 is 25.8 Å². The van der Waals surface area contributed by atoms with Crippen molar-refractivity contribution in [2.24, 2.45) is 0 Å². The molecule has 0 radical (unpaired) electrons. The minimum atomic E-state index is -2.62. The van der Waals surface area contributed by atoms with Gasteiger partial charge in [-0.25, -0.2) is 0 Å². The van der Waals surface area contributed by atoms with Crippen molar-refractivity contribution in [3.05, 3.63) is 23.8 Å². The van der Waals surface area contributed by atoms with Gasteiger partial charge in [-0.1, -0.05) is 341 Å². The normalized spacial score (nSPS) is 11.9. The fourth-order valence-corrected chi connectivity index (χ4v) is 9.92. The summed E-state index contributed by atoms with van der Waals surface area (Å²) in [6.45, 7) is 9.07. The van der Waals surface area contributed by atoms with Gasteiger partial charge in [0.1, 0.15) is 0 Å². The largest absolute Gasteiger partial charge is 0.386 e. The van der Waals surface area contributed by atoms with Crippen LogP contribution in [0, 0.1) is 0 Å². The highest BCUT2D eigenvalue weighted by Crippen LogP contribution is 2.34. The number of aliphatic hydroxyl groups is 1. The molecule has 0 aliphatic heterocycles. The summed E-state index contributed by atoms with van der Waals surface area (Å²) in [5, 5.41) is 12.5. The summed E-state index contributed by atoms with van der Waals surface area (Å²) in [5.74, 6) is 0. The van der Waals surface area contributed by atoms with Gasteiger partial charge in [0.05, 0.1) is 5.60 Å². The van der Waals surface area contributed by atoms with Crippen molar-refractivity contribution < 1.29 is 49.1 Å². The minimum absolute atomic E-state index is 0.610. The second kappa shape index (κ2) is 70.4. The van der Waals surface area contributed by atoms with Gasteiger partial charge in [-0.05, 0) is 38.2 Å². The van der Waals surface area contributed by atoms with Crippen molar-refractivity contribution in [1.29, 1.82) is 0 Å². The van der Waals surface area contributed by atoms with Crippen LogP contribution in [0.2, 0.25) is 0 Å². The summed E-state index contributed by atoms with van der Waals surface area (Å²) in [4.78, 5) is 65.1. The molecule has 0 bridgehead atoms. The standard InChI is InChI=1S/C60H118O.3H3O3P/c1-5-9-13-16-19-22-25-28-31-34-37-40-43-46-49-52-56-59(55-12-8-4)60(61,57-53-50-47-44-41-38-35-32-29-26-23-20-17-14-10-6-2)58-54-51-48-45-42-39-36-33-30-27-24-21-18-15-11-7-3;3*1-4(2)3/h8,12,55,61H,5-7,9-11,13-54,56-58H2,1-4H3;3*1-3H. The average Bonchev–Trinajstić information content (AvgIpc) is 3.34. The van der Waals surface area contributed by atoms with E-state index in [0.717, 1.165) is 19.3 Å². The molecule has 0 unspecified atom stereocenters. The fraction of sp³-hybridized carbons (Fsp3) is 0.933. The highest BCUT2D eigenvalue weighted by molar-refractivity contribution is 7.38. The zero-order chi connectivity index (χ0) is 55.0. The van der Waals surface area contributed by atoms with E-state index < -0.39 is 31.4 Å². The van der Waals surface area contributed by atoms with Crippen LogP contribution in [-0.4, -0.2) is 54.7 Å². The van der Waals surface area contributed by atoms with Gasteiger partial charge < -0.3 is 49.1 Å². The van der Waals surface area contributed by atoms with Crippen LogP contribution in [0.1, 0.15) is 355 Å². The second-order valence-electron chi connectivity index (χ2n) is 21.2. The molecule has 13 heteroatoms. The van der Waals surface area contributed by atoms with Gasteiger partial charge in [0.25, 0.3) is 0 Å². The molecule has 0 fully saturated rings. The Bertz CT molecular complexity index is 979. The molecule has 0 atom stereocenters. The van der Waals surface area contributed by atoms with Crippen molar-refractivity contribution in [2.75, 3.05) is 0 Å². The quantitative estimate of drug-likeness (QED) is 0.0159. The van der Waals surface area contributed by atoms with Crippen LogP contribution < -0.4 is 0 Å². The van der Waals surface area contributed by atoms with Crippen molar-refractivity contribution in [2.45, 2.75) is 361 Å². The molecule has 0 aromatic rings. The van der Waals surface area contributed by atoms with E-state index in [1.54, 1.807) is 0 Å². The molecule has 0 aromatic carbocycles. The Kier molecular flexibility index (Phi) is 77.0. The fourth-order valence-electron chi connectivity index (χ4n) is 9.92. The van der Waals surface area contributed by atoms with Crippen LogP contribution in [0.5, 0.6) is 0 Å². The maximum atomic E-state index is 12.5. The van der Waals surface area contributed by atoms with Crippen LogP contribution >= 0.6 is 25.8 Å². The van der Waals surface area contributed by atoms with Crippen molar-refractivity contribution in [3.8, 4) is 0 Å². The highest BCUT2D eigenvalue weighted by Gasteiger charge is 2.30. The molecule has 0 rings (SSSR count). The van der Waals surface area contributed by atoms with Crippen LogP contribution in [0.3, 0.4) is 0 Å². The van der Waals surface area contributed by atoms with Gasteiger partial charge in [-0.15, -0.1) is 0 Å². The molecule has 73 heavy (non-hydrogen) atoms. The third kappa shape index (κ3) is 81.4. The van der Waals surface area contributed by atoms with E-state index in [4.69, 9.17) is 44.0 Å². The minimum Gasteiger partial charge on any atom is -0.386 e. The summed E-state index contributed by atoms with van der Waals surface area (Å²) in [5.41, 5.74) is 0.735. The smallest absolute Gasteiger partial charge is 0.324 e. The lowest BCUT2D eigenvalue weighted by molar-refractivity contribution is 0.0504. The van der Waals surface area contributed by atoms with Crippen LogP contribution in [0.25, 0.3) is 0 Å².